The molecule has 9 nitrogen and oxygen atoms in total. The van der Waals surface area contributed by atoms with Crippen molar-refractivity contribution in [1.82, 2.24) is 14.6 Å². The number of phenols is 1. The highest BCUT2D eigenvalue weighted by molar-refractivity contribution is 9.10. The van der Waals surface area contributed by atoms with Crippen LogP contribution in [0.15, 0.2) is 88.4 Å². The molecule has 5 aromatic rings. The summed E-state index contributed by atoms with van der Waals surface area (Å²) in [6.45, 7) is 0.295. The molecule has 0 saturated heterocycles. The Labute approximate surface area is 270 Å². The van der Waals surface area contributed by atoms with Crippen molar-refractivity contribution in [3.8, 4) is 17.0 Å². The Morgan fingerprint density at radius 1 is 1.00 bits per heavy atom. The van der Waals surface area contributed by atoms with Crippen molar-refractivity contribution < 1.29 is 31.5 Å². The first-order chi connectivity index (χ1) is 21.9. The van der Waals surface area contributed by atoms with E-state index in [2.05, 4.69) is 36.1 Å². The fourth-order valence-corrected chi connectivity index (χ4v) is 7.03. The largest absolute Gasteiger partial charge is 0.507 e. The topological polar surface area (TPSA) is 126 Å². The molecule has 3 aromatic carbocycles. The number of halogens is 4. The Bertz CT molecular complexity index is 2070. The number of Topliss-reactive ketones (excluding diaryl/α,β-unsaturated/α-hetero) is 1. The molecule has 3 N–H and O–H groups in total. The summed E-state index contributed by atoms with van der Waals surface area (Å²) in [7, 11) is -4.03. The first kappa shape index (κ1) is 31.5. The lowest BCUT2D eigenvalue weighted by Gasteiger charge is -2.14. The second-order valence-electron chi connectivity index (χ2n) is 11.0. The Morgan fingerprint density at radius 3 is 2.52 bits per heavy atom. The van der Waals surface area contributed by atoms with Gasteiger partial charge in [0.15, 0.2) is 5.65 Å². The second kappa shape index (κ2) is 12.4. The maximum atomic E-state index is 13.3. The first-order valence-electron chi connectivity index (χ1n) is 14.3. The summed E-state index contributed by atoms with van der Waals surface area (Å²) in [6.07, 6.45) is -2.77. The van der Waals surface area contributed by atoms with Crippen LogP contribution in [0.1, 0.15) is 29.5 Å². The number of alkyl halides is 3. The summed E-state index contributed by atoms with van der Waals surface area (Å²) in [5, 5.41) is 18.1. The normalized spacial score (nSPS) is 15.3. The zero-order valence-electron chi connectivity index (χ0n) is 24.1. The number of benzene rings is 3. The number of nitrogens with zero attached hydrogens (tertiary/aromatic N) is 3. The van der Waals surface area contributed by atoms with Crippen LogP contribution in [0, 0.1) is 5.92 Å². The van der Waals surface area contributed by atoms with Crippen molar-refractivity contribution in [1.29, 1.82) is 0 Å². The number of para-hydroxylation sites is 1. The van der Waals surface area contributed by atoms with Gasteiger partial charge < -0.3 is 10.4 Å². The molecule has 1 unspecified atom stereocenters. The summed E-state index contributed by atoms with van der Waals surface area (Å²) in [6, 6.07) is 20.0. The summed E-state index contributed by atoms with van der Waals surface area (Å²) in [4.78, 5) is 16.4. The Balaban J connectivity index is 1.18. The number of hydrogen-bond acceptors (Lipinski definition) is 7. The van der Waals surface area contributed by atoms with Gasteiger partial charge in [-0.15, -0.1) is 0 Å². The van der Waals surface area contributed by atoms with E-state index in [4.69, 9.17) is 0 Å². The van der Waals surface area contributed by atoms with Crippen LogP contribution in [0.2, 0.25) is 0 Å². The smallest absolute Gasteiger partial charge is 0.450 e. The summed E-state index contributed by atoms with van der Waals surface area (Å²) in [5.41, 5.74) is 4.04. The minimum Gasteiger partial charge on any atom is -0.507 e. The van der Waals surface area contributed by atoms with Gasteiger partial charge in [0.25, 0.3) is 10.0 Å². The number of fused-ring (bicyclic) bond motifs is 2. The molecule has 1 atom stereocenters. The van der Waals surface area contributed by atoms with E-state index < -0.39 is 27.9 Å². The van der Waals surface area contributed by atoms with Crippen LogP contribution < -0.4 is 10.0 Å². The van der Waals surface area contributed by atoms with Crippen molar-refractivity contribution in [3.05, 3.63) is 100 Å². The predicted molar refractivity (Wildman–Crippen MR) is 170 cm³/mol. The van der Waals surface area contributed by atoms with Crippen molar-refractivity contribution in [2.45, 2.75) is 43.3 Å². The number of phenolic OH excluding ortho intramolecular Hbond substituents is 1. The number of aromatic nitrogens is 3. The lowest BCUT2D eigenvalue weighted by Crippen LogP contribution is -2.30. The number of aryl methyl sites for hydroxylation is 2. The van der Waals surface area contributed by atoms with Crippen LogP contribution in [0.3, 0.4) is 0 Å². The van der Waals surface area contributed by atoms with Crippen LogP contribution in [-0.4, -0.2) is 40.1 Å². The molecule has 2 heterocycles. The van der Waals surface area contributed by atoms with Crippen molar-refractivity contribution in [3.63, 3.8) is 0 Å². The van der Waals surface area contributed by atoms with Crippen molar-refractivity contribution in [2.75, 3.05) is 10.0 Å². The highest BCUT2D eigenvalue weighted by Gasteiger charge is 2.43. The lowest BCUT2D eigenvalue weighted by molar-refractivity contribution is -0.176. The number of ketones is 1. The molecule has 0 radical (unpaired) electrons. The first-order valence-corrected chi connectivity index (χ1v) is 16.6. The van der Waals surface area contributed by atoms with Gasteiger partial charge >= 0.3 is 6.18 Å². The van der Waals surface area contributed by atoms with Gasteiger partial charge in [-0.2, -0.15) is 22.8 Å². The van der Waals surface area contributed by atoms with E-state index in [1.807, 2.05) is 6.07 Å². The molecule has 46 heavy (non-hydrogen) atoms. The van der Waals surface area contributed by atoms with Gasteiger partial charge in [0.1, 0.15) is 11.6 Å². The summed E-state index contributed by atoms with van der Waals surface area (Å²) in [5.74, 6) is -2.21. The average Bonchev–Trinajstić information content (AvgIpc) is 3.26. The Kier molecular flexibility index (Phi) is 8.51. The van der Waals surface area contributed by atoms with Gasteiger partial charge in [-0.25, -0.2) is 13.4 Å². The number of rotatable bonds is 8. The highest BCUT2D eigenvalue weighted by Crippen LogP contribution is 2.33. The van der Waals surface area contributed by atoms with Gasteiger partial charge in [0.05, 0.1) is 21.3 Å². The van der Waals surface area contributed by atoms with Gasteiger partial charge in [-0.05, 0) is 94.7 Å². The van der Waals surface area contributed by atoms with E-state index in [9.17, 15) is 31.5 Å². The molecule has 1 aliphatic rings. The Morgan fingerprint density at radius 2 is 1.76 bits per heavy atom. The molecule has 6 rings (SSSR count). The average molecular weight is 715 g/mol. The predicted octanol–water partition coefficient (Wildman–Crippen LogP) is 6.90. The van der Waals surface area contributed by atoms with E-state index in [1.54, 1.807) is 65.3 Å². The van der Waals surface area contributed by atoms with Crippen molar-refractivity contribution >= 4 is 48.9 Å². The number of carbonyl (C=O) groups excluding carboxylic acids is 1. The van der Waals surface area contributed by atoms with Gasteiger partial charge in [-0.1, -0.05) is 30.3 Å². The highest BCUT2D eigenvalue weighted by atomic mass is 79.9. The van der Waals surface area contributed by atoms with E-state index >= 15 is 0 Å². The number of nitrogens with one attached hydrogen (secondary N) is 2. The third-order valence-corrected chi connectivity index (χ3v) is 9.86. The molecule has 0 saturated carbocycles. The zero-order valence-corrected chi connectivity index (χ0v) is 26.5. The molecule has 0 amide bonds. The number of carbonyl (C=O) groups is 1. The third-order valence-electron chi connectivity index (χ3n) is 7.92. The SMILES string of the molecule is O=C(C1CCc2ccc(S(=O)(=O)Nc3cccc(CNc4cc(-c5ccccc5O)nc5c(Br)cnn45)c3)cc2CC1)C(F)(F)F. The molecule has 2 aromatic heterocycles. The van der Waals surface area contributed by atoms with E-state index in [0.717, 1.165) is 11.1 Å². The number of aromatic hydroxyl groups is 1. The van der Waals surface area contributed by atoms with Crippen molar-refractivity contribution in [2.24, 2.45) is 5.92 Å². The fraction of sp³-hybridized carbons (Fsp3) is 0.219. The second-order valence-corrected chi connectivity index (χ2v) is 13.5. The molecule has 0 spiro atoms. The van der Waals surface area contributed by atoms with E-state index in [1.165, 1.54) is 12.1 Å². The van der Waals surface area contributed by atoms with Gasteiger partial charge in [0, 0.05) is 29.8 Å². The van der Waals surface area contributed by atoms with Crippen LogP contribution in [0.25, 0.3) is 16.9 Å². The minimum absolute atomic E-state index is 0.00455. The number of sulfonamides is 1. The molecule has 1 aliphatic carbocycles. The van der Waals surface area contributed by atoms with Gasteiger partial charge in [-0.3, -0.25) is 9.52 Å². The molecule has 0 fully saturated rings. The molecular weight excluding hydrogens is 687 g/mol. The molecule has 0 bridgehead atoms. The lowest BCUT2D eigenvalue weighted by atomic mass is 9.94. The van der Waals surface area contributed by atoms with Crippen LogP contribution >= 0.6 is 15.9 Å². The quantitative estimate of drug-likeness (QED) is 0.149. The Hall–Kier alpha value is -4.43. The number of anilines is 2. The zero-order chi connectivity index (χ0) is 32.6. The third kappa shape index (κ3) is 6.58. The van der Waals surface area contributed by atoms with Gasteiger partial charge in [0.2, 0.25) is 5.78 Å². The molecule has 0 aliphatic heterocycles. The van der Waals surface area contributed by atoms with Crippen LogP contribution in [-0.2, 0) is 34.2 Å². The summed E-state index contributed by atoms with van der Waals surface area (Å²) < 4.78 is 70.5. The molecular formula is C32H27BrF3N5O4S. The standard InChI is InChI=1S/C32H27BrF3N5O4S/c33-26-18-38-41-29(16-27(39-31(26)41)25-6-1-2-7-28(25)42)37-17-19-4-3-5-23(14-19)40-46(44,45)24-13-12-20-8-9-21(10-11-22(20)15-24)30(43)32(34,35)36/h1-7,12-16,18,21,37,40,42H,8-11,17H2. The van der Waals surface area contributed by atoms with E-state index in [0.29, 0.717) is 45.0 Å². The summed E-state index contributed by atoms with van der Waals surface area (Å²) >= 11 is 3.46. The molecule has 14 heteroatoms. The van der Waals surface area contributed by atoms with Crippen LogP contribution in [0.4, 0.5) is 24.7 Å². The molecule has 238 valence electrons. The number of hydrogen-bond donors (Lipinski definition) is 3. The maximum Gasteiger partial charge on any atom is 0.450 e. The monoisotopic (exact) mass is 713 g/mol. The maximum absolute atomic E-state index is 13.3. The fourth-order valence-electron chi connectivity index (χ4n) is 5.59. The van der Waals surface area contributed by atoms with E-state index in [-0.39, 0.29) is 36.3 Å². The van der Waals surface area contributed by atoms with Crippen LogP contribution in [0.5, 0.6) is 5.75 Å². The minimum atomic E-state index is -4.89.